The molecule has 1 aromatic rings. The molecule has 0 unspecified atom stereocenters. The molecule has 2 rings (SSSR count). The van der Waals surface area contributed by atoms with E-state index in [9.17, 15) is 14.4 Å². The number of amides is 3. The fraction of sp³-hybridized carbons (Fsp3) is 0.609. The highest BCUT2D eigenvalue weighted by Gasteiger charge is 2.21. The molecule has 0 bridgehead atoms. The van der Waals surface area contributed by atoms with E-state index in [1.54, 1.807) is 24.3 Å². The number of hydrogen-bond donors (Lipinski definition) is 3. The number of carbonyl (C=O) groups is 3. The summed E-state index contributed by atoms with van der Waals surface area (Å²) in [6.07, 6.45) is 12.3. The fourth-order valence-corrected chi connectivity index (χ4v) is 3.67. The predicted octanol–water partition coefficient (Wildman–Crippen LogP) is 4.16. The van der Waals surface area contributed by atoms with Gasteiger partial charge in [0.2, 0.25) is 0 Å². The number of unbranched alkanes of at least 4 members (excludes halogenated alkanes) is 6. The highest BCUT2D eigenvalue weighted by Crippen LogP contribution is 2.20. The topological polar surface area (TPSA) is 87.3 Å². The second-order valence-corrected chi connectivity index (χ2v) is 7.83. The summed E-state index contributed by atoms with van der Waals surface area (Å²) >= 11 is 0. The summed E-state index contributed by atoms with van der Waals surface area (Å²) in [5, 5.41) is 8.25. The van der Waals surface area contributed by atoms with Gasteiger partial charge in [0.25, 0.3) is 5.91 Å². The molecule has 29 heavy (non-hydrogen) atoms. The Hall–Kier alpha value is -2.37. The molecule has 6 nitrogen and oxygen atoms in total. The molecule has 1 fully saturated rings. The third-order valence-corrected chi connectivity index (χ3v) is 5.38. The molecule has 0 heterocycles. The molecule has 160 valence electrons. The first-order valence-corrected chi connectivity index (χ1v) is 11.1. The number of para-hydroxylation sites is 1. The molecule has 0 atom stereocenters. The number of benzene rings is 1. The second-order valence-electron chi connectivity index (χ2n) is 7.83. The van der Waals surface area contributed by atoms with Gasteiger partial charge in [-0.2, -0.15) is 0 Å². The number of hydrogen-bond acceptors (Lipinski definition) is 3. The highest BCUT2D eigenvalue weighted by atomic mass is 16.2. The van der Waals surface area contributed by atoms with Crippen LogP contribution in [0, 0.1) is 0 Å². The van der Waals surface area contributed by atoms with Crippen LogP contribution >= 0.6 is 0 Å². The van der Waals surface area contributed by atoms with Crippen LogP contribution in [-0.4, -0.2) is 30.3 Å². The lowest BCUT2D eigenvalue weighted by atomic mass is 10.1. The van der Waals surface area contributed by atoms with Crippen molar-refractivity contribution in [2.75, 3.05) is 11.9 Å². The van der Waals surface area contributed by atoms with Gasteiger partial charge in [-0.3, -0.25) is 14.4 Å². The zero-order valence-corrected chi connectivity index (χ0v) is 17.6. The van der Waals surface area contributed by atoms with E-state index in [4.69, 9.17) is 0 Å². The van der Waals surface area contributed by atoms with Crippen LogP contribution in [0.4, 0.5) is 5.69 Å². The van der Waals surface area contributed by atoms with Gasteiger partial charge in [-0.05, 0) is 31.4 Å². The molecule has 0 saturated heterocycles. The van der Waals surface area contributed by atoms with Crippen LogP contribution in [0.1, 0.15) is 87.9 Å². The molecule has 0 radical (unpaired) electrons. The Balaban J connectivity index is 1.75. The van der Waals surface area contributed by atoms with Crippen LogP contribution in [0.3, 0.4) is 0 Å². The summed E-state index contributed by atoms with van der Waals surface area (Å²) in [6, 6.07) is 6.98. The van der Waals surface area contributed by atoms with Crippen molar-refractivity contribution in [3.05, 3.63) is 29.8 Å². The van der Waals surface area contributed by atoms with Gasteiger partial charge in [-0.15, -0.1) is 0 Å². The van der Waals surface area contributed by atoms with Crippen molar-refractivity contribution in [1.29, 1.82) is 0 Å². The van der Waals surface area contributed by atoms with Crippen molar-refractivity contribution in [3.63, 3.8) is 0 Å². The molecule has 0 aliphatic heterocycles. The second kappa shape index (κ2) is 13.0. The largest absolute Gasteiger partial charge is 0.349 e. The third kappa shape index (κ3) is 8.26. The molecule has 1 aliphatic rings. The summed E-state index contributed by atoms with van der Waals surface area (Å²) < 4.78 is 0. The Labute approximate surface area is 174 Å². The molecule has 6 heteroatoms. The van der Waals surface area contributed by atoms with Crippen LogP contribution in [0.5, 0.6) is 0 Å². The van der Waals surface area contributed by atoms with Crippen LogP contribution in [0.2, 0.25) is 0 Å². The molecule has 0 spiro atoms. The van der Waals surface area contributed by atoms with Crippen molar-refractivity contribution < 1.29 is 14.4 Å². The molecule has 3 amide bonds. The molecule has 3 N–H and O–H groups in total. The van der Waals surface area contributed by atoms with Gasteiger partial charge in [-0.1, -0.05) is 70.4 Å². The van der Waals surface area contributed by atoms with E-state index < -0.39 is 11.8 Å². The Morgan fingerprint density at radius 3 is 2.28 bits per heavy atom. The summed E-state index contributed by atoms with van der Waals surface area (Å²) in [4.78, 5) is 36.8. The first-order chi connectivity index (χ1) is 14.1. The van der Waals surface area contributed by atoms with Gasteiger partial charge >= 0.3 is 11.8 Å². The monoisotopic (exact) mass is 401 g/mol. The van der Waals surface area contributed by atoms with E-state index in [0.29, 0.717) is 17.8 Å². The van der Waals surface area contributed by atoms with E-state index >= 15 is 0 Å². The Morgan fingerprint density at radius 1 is 0.897 bits per heavy atom. The summed E-state index contributed by atoms with van der Waals surface area (Å²) in [6.45, 7) is 2.69. The van der Waals surface area contributed by atoms with Gasteiger partial charge in [0.1, 0.15) is 0 Å². The lowest BCUT2D eigenvalue weighted by Crippen LogP contribution is -2.37. The Bertz CT molecular complexity index is 669. The maximum atomic E-state index is 12.5. The van der Waals surface area contributed by atoms with Crippen LogP contribution in [0.15, 0.2) is 24.3 Å². The quantitative estimate of drug-likeness (QED) is 0.384. The van der Waals surface area contributed by atoms with E-state index in [1.165, 1.54) is 25.7 Å². The lowest BCUT2D eigenvalue weighted by molar-refractivity contribution is -0.136. The minimum Gasteiger partial charge on any atom is -0.349 e. The standard InChI is InChI=1S/C23H35N3O3/c1-2-3-4-5-6-7-12-17-24-22(28)23(29)26-20-16-11-10-15-19(20)21(27)25-18-13-8-9-14-18/h10-11,15-16,18H,2-9,12-14,17H2,1H3,(H,24,28)(H,25,27)(H,26,29). The van der Waals surface area contributed by atoms with Crippen LogP contribution < -0.4 is 16.0 Å². The van der Waals surface area contributed by atoms with Gasteiger partial charge in [0.15, 0.2) is 0 Å². The summed E-state index contributed by atoms with van der Waals surface area (Å²) in [5.41, 5.74) is 0.742. The van der Waals surface area contributed by atoms with E-state index in [0.717, 1.165) is 44.9 Å². The smallest absolute Gasteiger partial charge is 0.313 e. The first kappa shape index (κ1) is 22.9. The van der Waals surface area contributed by atoms with E-state index in [-0.39, 0.29) is 11.9 Å². The average molecular weight is 402 g/mol. The molecule has 1 aromatic carbocycles. The van der Waals surface area contributed by atoms with E-state index in [1.807, 2.05) is 0 Å². The molecule has 0 aromatic heterocycles. The van der Waals surface area contributed by atoms with Crippen LogP contribution in [0.25, 0.3) is 0 Å². The number of carbonyl (C=O) groups excluding carboxylic acids is 3. The highest BCUT2D eigenvalue weighted by molar-refractivity contribution is 6.40. The Kier molecular flexibility index (Phi) is 10.2. The maximum absolute atomic E-state index is 12.5. The average Bonchev–Trinajstić information content (AvgIpc) is 3.23. The minimum absolute atomic E-state index is 0.191. The molecular weight excluding hydrogens is 366 g/mol. The molecular formula is C23H35N3O3. The van der Waals surface area contributed by atoms with Crippen molar-refractivity contribution in [2.24, 2.45) is 0 Å². The fourth-order valence-electron chi connectivity index (χ4n) is 3.67. The summed E-state index contributed by atoms with van der Waals surface area (Å²) in [5.74, 6) is -1.62. The minimum atomic E-state index is -0.742. The van der Waals surface area contributed by atoms with Crippen molar-refractivity contribution in [3.8, 4) is 0 Å². The molecule has 1 aliphatic carbocycles. The summed E-state index contributed by atoms with van der Waals surface area (Å²) in [7, 11) is 0. The Morgan fingerprint density at radius 2 is 1.55 bits per heavy atom. The SMILES string of the molecule is CCCCCCCCCNC(=O)C(=O)Nc1ccccc1C(=O)NC1CCCC1. The number of nitrogens with one attached hydrogen (secondary N) is 3. The zero-order valence-electron chi connectivity index (χ0n) is 17.6. The van der Waals surface area contributed by atoms with Crippen molar-refractivity contribution in [1.82, 2.24) is 10.6 Å². The van der Waals surface area contributed by atoms with Crippen molar-refractivity contribution >= 4 is 23.4 Å². The lowest BCUT2D eigenvalue weighted by Gasteiger charge is -2.15. The normalized spacial score (nSPS) is 13.8. The van der Waals surface area contributed by atoms with Gasteiger partial charge in [0.05, 0.1) is 11.3 Å². The maximum Gasteiger partial charge on any atom is 0.313 e. The number of anilines is 1. The van der Waals surface area contributed by atoms with Gasteiger partial charge < -0.3 is 16.0 Å². The molecule has 1 saturated carbocycles. The van der Waals surface area contributed by atoms with Crippen molar-refractivity contribution in [2.45, 2.75) is 83.6 Å². The van der Waals surface area contributed by atoms with Gasteiger partial charge in [-0.25, -0.2) is 0 Å². The third-order valence-electron chi connectivity index (χ3n) is 5.38. The van der Waals surface area contributed by atoms with Crippen LogP contribution in [-0.2, 0) is 9.59 Å². The first-order valence-electron chi connectivity index (χ1n) is 11.1. The zero-order chi connectivity index (χ0) is 20.9. The number of rotatable bonds is 11. The predicted molar refractivity (Wildman–Crippen MR) is 116 cm³/mol. The van der Waals surface area contributed by atoms with E-state index in [2.05, 4.69) is 22.9 Å². The van der Waals surface area contributed by atoms with Gasteiger partial charge in [0, 0.05) is 12.6 Å².